The van der Waals surface area contributed by atoms with Crippen LogP contribution in [-0.2, 0) is 4.74 Å². The van der Waals surface area contributed by atoms with Crippen LogP contribution in [0.15, 0.2) is 48.1 Å². The maximum absolute atomic E-state index is 5.65. The molecule has 0 saturated heterocycles. The zero-order chi connectivity index (χ0) is 14.6. The van der Waals surface area contributed by atoms with Gasteiger partial charge in [-0.25, -0.2) is 0 Å². The van der Waals surface area contributed by atoms with Gasteiger partial charge in [0.1, 0.15) is 0 Å². The molecule has 1 atom stereocenters. The van der Waals surface area contributed by atoms with E-state index in [1.165, 1.54) is 24.0 Å². The summed E-state index contributed by atoms with van der Waals surface area (Å²) in [6, 6.07) is 10.3. The highest BCUT2D eigenvalue weighted by Crippen LogP contribution is 2.11. The molecule has 0 spiro atoms. The number of allylic oxidation sites excluding steroid dienone is 2. The lowest BCUT2D eigenvalue weighted by molar-refractivity contribution is 0.146. The molecule has 1 aromatic rings. The third-order valence-corrected chi connectivity index (χ3v) is 3.29. The summed E-state index contributed by atoms with van der Waals surface area (Å²) in [4.78, 5) is 0. The second kappa shape index (κ2) is 10.4. The third kappa shape index (κ3) is 8.71. The molecule has 0 aliphatic heterocycles. The fraction of sp³-hybridized carbons (Fsp3) is 0.474. The van der Waals surface area contributed by atoms with Crippen LogP contribution in [0.5, 0.6) is 0 Å². The van der Waals surface area contributed by atoms with Gasteiger partial charge in [-0.05, 0) is 44.6 Å². The highest BCUT2D eigenvalue weighted by atomic mass is 16.5. The van der Waals surface area contributed by atoms with Gasteiger partial charge in [-0.2, -0.15) is 0 Å². The van der Waals surface area contributed by atoms with Gasteiger partial charge < -0.3 is 4.74 Å². The number of hydrogen-bond acceptors (Lipinski definition) is 1. The lowest BCUT2D eigenvalue weighted by Gasteiger charge is -2.09. The fourth-order valence-electron chi connectivity index (χ4n) is 1.99. The van der Waals surface area contributed by atoms with E-state index in [4.69, 9.17) is 4.74 Å². The standard InChI is InChI=1S/C19H28O/c1-17(2)9-7-10-18(3)14-16-20-15-8-13-19-11-5-4-6-12-19/h4-6,8-9,11-13,18H,7,10,14-16H2,1-3H3/b13-8+. The predicted molar refractivity (Wildman–Crippen MR) is 88.7 cm³/mol. The molecule has 1 nitrogen and oxygen atoms in total. The summed E-state index contributed by atoms with van der Waals surface area (Å²) in [7, 11) is 0. The summed E-state index contributed by atoms with van der Waals surface area (Å²) in [6.45, 7) is 8.19. The first-order valence-electron chi connectivity index (χ1n) is 7.61. The molecule has 1 unspecified atom stereocenters. The van der Waals surface area contributed by atoms with Gasteiger partial charge >= 0.3 is 0 Å². The van der Waals surface area contributed by atoms with E-state index in [1.54, 1.807) is 0 Å². The van der Waals surface area contributed by atoms with Crippen molar-refractivity contribution in [2.75, 3.05) is 13.2 Å². The summed E-state index contributed by atoms with van der Waals surface area (Å²) < 4.78 is 5.65. The maximum atomic E-state index is 5.65. The molecule has 0 fully saturated rings. The van der Waals surface area contributed by atoms with E-state index in [0.29, 0.717) is 6.61 Å². The van der Waals surface area contributed by atoms with Gasteiger partial charge in [0.15, 0.2) is 0 Å². The van der Waals surface area contributed by atoms with Gasteiger partial charge in [0.2, 0.25) is 0 Å². The van der Waals surface area contributed by atoms with Crippen LogP contribution in [0.4, 0.5) is 0 Å². The monoisotopic (exact) mass is 272 g/mol. The molecule has 0 aliphatic rings. The Morgan fingerprint density at radius 3 is 2.60 bits per heavy atom. The van der Waals surface area contributed by atoms with E-state index in [-0.39, 0.29) is 0 Å². The zero-order valence-corrected chi connectivity index (χ0v) is 13.1. The van der Waals surface area contributed by atoms with Gasteiger partial charge in [-0.3, -0.25) is 0 Å². The highest BCUT2D eigenvalue weighted by Gasteiger charge is 2.00. The van der Waals surface area contributed by atoms with Gasteiger partial charge in [0.25, 0.3) is 0 Å². The van der Waals surface area contributed by atoms with Crippen molar-refractivity contribution in [1.29, 1.82) is 0 Å². The van der Waals surface area contributed by atoms with E-state index in [9.17, 15) is 0 Å². The van der Waals surface area contributed by atoms with Crippen molar-refractivity contribution in [2.24, 2.45) is 5.92 Å². The van der Waals surface area contributed by atoms with Gasteiger partial charge in [-0.1, -0.05) is 61.1 Å². The first-order valence-corrected chi connectivity index (χ1v) is 7.61. The SMILES string of the molecule is CC(C)=CCCC(C)CCOC/C=C/c1ccccc1. The smallest absolute Gasteiger partial charge is 0.0650 e. The minimum atomic E-state index is 0.704. The molecular weight excluding hydrogens is 244 g/mol. The Balaban J connectivity index is 2.04. The molecule has 0 heterocycles. The maximum Gasteiger partial charge on any atom is 0.0650 e. The Morgan fingerprint density at radius 1 is 1.15 bits per heavy atom. The molecule has 1 rings (SSSR count). The van der Waals surface area contributed by atoms with Crippen molar-refractivity contribution in [3.63, 3.8) is 0 Å². The Morgan fingerprint density at radius 2 is 1.90 bits per heavy atom. The molecule has 110 valence electrons. The van der Waals surface area contributed by atoms with Crippen LogP contribution in [0.3, 0.4) is 0 Å². The zero-order valence-electron chi connectivity index (χ0n) is 13.1. The summed E-state index contributed by atoms with van der Waals surface area (Å²) in [5.74, 6) is 0.740. The van der Waals surface area contributed by atoms with Gasteiger partial charge in [-0.15, -0.1) is 0 Å². The first kappa shape index (κ1) is 16.7. The lowest BCUT2D eigenvalue weighted by atomic mass is 10.0. The van der Waals surface area contributed by atoms with Crippen LogP contribution in [0, 0.1) is 5.92 Å². The van der Waals surface area contributed by atoms with E-state index in [1.807, 2.05) is 6.07 Å². The van der Waals surface area contributed by atoms with Crippen molar-refractivity contribution in [3.05, 3.63) is 53.6 Å². The Hall–Kier alpha value is -1.34. The summed E-state index contributed by atoms with van der Waals surface area (Å²) in [5, 5.41) is 0. The van der Waals surface area contributed by atoms with Crippen LogP contribution < -0.4 is 0 Å². The Bertz CT molecular complexity index is 399. The Labute approximate surface area is 124 Å². The molecule has 1 heteroatoms. The topological polar surface area (TPSA) is 9.23 Å². The molecule has 0 aliphatic carbocycles. The quantitative estimate of drug-likeness (QED) is 0.426. The van der Waals surface area contributed by atoms with Gasteiger partial charge in [0, 0.05) is 6.61 Å². The number of benzene rings is 1. The summed E-state index contributed by atoms with van der Waals surface area (Å²) in [6.07, 6.45) is 10.1. The molecule has 1 aromatic carbocycles. The second-order valence-corrected chi connectivity index (χ2v) is 5.64. The van der Waals surface area contributed by atoms with Crippen LogP contribution in [-0.4, -0.2) is 13.2 Å². The van der Waals surface area contributed by atoms with Crippen molar-refractivity contribution < 1.29 is 4.74 Å². The van der Waals surface area contributed by atoms with Crippen LogP contribution >= 0.6 is 0 Å². The summed E-state index contributed by atoms with van der Waals surface area (Å²) >= 11 is 0. The normalized spacial score (nSPS) is 12.6. The van der Waals surface area contributed by atoms with E-state index in [2.05, 4.69) is 63.3 Å². The van der Waals surface area contributed by atoms with Crippen molar-refractivity contribution in [1.82, 2.24) is 0 Å². The van der Waals surface area contributed by atoms with Crippen LogP contribution in [0.2, 0.25) is 0 Å². The predicted octanol–water partition coefficient (Wildman–Crippen LogP) is 5.49. The van der Waals surface area contributed by atoms with Crippen molar-refractivity contribution >= 4 is 6.08 Å². The van der Waals surface area contributed by atoms with Gasteiger partial charge in [0.05, 0.1) is 6.61 Å². The molecule has 20 heavy (non-hydrogen) atoms. The van der Waals surface area contributed by atoms with E-state index < -0.39 is 0 Å². The first-order chi connectivity index (χ1) is 9.68. The van der Waals surface area contributed by atoms with Crippen molar-refractivity contribution in [3.8, 4) is 0 Å². The molecular formula is C19H28O. The van der Waals surface area contributed by atoms with E-state index >= 15 is 0 Å². The van der Waals surface area contributed by atoms with Crippen LogP contribution in [0.1, 0.15) is 45.6 Å². The average molecular weight is 272 g/mol. The highest BCUT2D eigenvalue weighted by molar-refractivity contribution is 5.48. The van der Waals surface area contributed by atoms with Crippen LogP contribution in [0.25, 0.3) is 6.08 Å². The second-order valence-electron chi connectivity index (χ2n) is 5.64. The number of ether oxygens (including phenoxy) is 1. The third-order valence-electron chi connectivity index (χ3n) is 3.29. The summed E-state index contributed by atoms with van der Waals surface area (Å²) in [5.41, 5.74) is 2.64. The number of rotatable bonds is 9. The fourth-order valence-corrected chi connectivity index (χ4v) is 1.99. The average Bonchev–Trinajstić information content (AvgIpc) is 2.43. The minimum absolute atomic E-state index is 0.704. The van der Waals surface area contributed by atoms with Crippen molar-refractivity contribution in [2.45, 2.75) is 40.0 Å². The Kier molecular flexibility index (Phi) is 8.73. The molecule has 0 radical (unpaired) electrons. The molecule has 0 N–H and O–H groups in total. The molecule has 0 aromatic heterocycles. The largest absolute Gasteiger partial charge is 0.377 e. The molecule has 0 amide bonds. The molecule has 0 bridgehead atoms. The molecule has 0 saturated carbocycles. The minimum Gasteiger partial charge on any atom is -0.377 e. The number of hydrogen-bond donors (Lipinski definition) is 0. The lowest BCUT2D eigenvalue weighted by Crippen LogP contribution is -2.02. The van der Waals surface area contributed by atoms with E-state index in [0.717, 1.165) is 18.9 Å².